The van der Waals surface area contributed by atoms with Crippen LogP contribution in [0.5, 0.6) is 11.5 Å². The molecule has 0 radical (unpaired) electrons. The van der Waals surface area contributed by atoms with Gasteiger partial charge in [-0.15, -0.1) is 0 Å². The van der Waals surface area contributed by atoms with Gasteiger partial charge in [0.05, 0.1) is 45.7 Å². The van der Waals surface area contributed by atoms with Crippen molar-refractivity contribution in [2.75, 3.05) is 40.1 Å². The molecule has 29 nitrogen and oxygen atoms in total. The number of aliphatic carboxylic acids is 1. The van der Waals surface area contributed by atoms with Crippen LogP contribution >= 0.6 is 0 Å². The van der Waals surface area contributed by atoms with Crippen molar-refractivity contribution in [1.29, 1.82) is 0 Å². The first-order valence-corrected chi connectivity index (χ1v) is 24.0. The summed E-state index contributed by atoms with van der Waals surface area (Å²) >= 11 is 0. The number of carboxylic acids is 1. The second kappa shape index (κ2) is 27.8. The Hall–Kier alpha value is -4.06. The van der Waals surface area contributed by atoms with Gasteiger partial charge in [0.25, 0.3) is 11.7 Å². The quantitative estimate of drug-likeness (QED) is 0.0320. The van der Waals surface area contributed by atoms with Crippen molar-refractivity contribution in [2.24, 2.45) is 0 Å². The lowest BCUT2D eigenvalue weighted by atomic mass is 9.88. The number of methoxy groups -OCH3 is 1. The number of phenols is 2. The zero-order chi connectivity index (χ0) is 54.6. The van der Waals surface area contributed by atoms with E-state index in [1.165, 1.54) is 7.11 Å². The van der Waals surface area contributed by atoms with Crippen LogP contribution in [0.3, 0.4) is 0 Å². The van der Waals surface area contributed by atoms with Crippen molar-refractivity contribution in [3.63, 3.8) is 0 Å². The number of rotatable bonds is 25. The number of carbonyl (C=O) groups is 4. The number of carbonyl (C=O) groups excluding carboxylic acids is 3. The number of benzene rings is 1. The molecule has 20 atom stereocenters. The first-order chi connectivity index (χ1) is 35.1. The predicted octanol–water partition coefficient (Wildman–Crippen LogP) is -5.98. The Bertz CT molecular complexity index is 1950. The van der Waals surface area contributed by atoms with Gasteiger partial charge >= 0.3 is 11.9 Å². The number of aliphatic hydroxyl groups excluding tert-OH is 11. The van der Waals surface area contributed by atoms with Crippen molar-refractivity contribution in [3.8, 4) is 11.5 Å². The SMILES string of the molecule is COC(=O)CCCCCCCCO[C@@H]1OC(CO)[C@@H](OC2OC[C@@H](O)C(O)C2O)C(OC2OC(CO)[C@H](O)C(O[C@]3(C(=O)O)CC(O)[C@@H](NC(C)=O)C(C(O)C(O)CO)O3)C2O)C1NC(=O)c1cc(O)cc(O)c1. The van der Waals surface area contributed by atoms with Gasteiger partial charge in [-0.1, -0.05) is 25.7 Å². The second-order valence-electron chi connectivity index (χ2n) is 18.4. The van der Waals surface area contributed by atoms with Crippen molar-refractivity contribution in [1.82, 2.24) is 10.6 Å². The fraction of sp³-hybridized carbons (Fsp3) is 0.778. The summed E-state index contributed by atoms with van der Waals surface area (Å²) in [4.78, 5) is 50.9. The number of unbranched alkanes of at least 4 members (excludes halogenated alkanes) is 5. The fourth-order valence-corrected chi connectivity index (χ4v) is 9.00. The molecule has 14 unspecified atom stereocenters. The molecule has 5 rings (SSSR count). The number of phenolic OH excluding ortho intramolecular Hbond substituents is 2. The summed E-state index contributed by atoms with van der Waals surface area (Å²) in [7, 11) is 1.30. The van der Waals surface area contributed by atoms with Gasteiger partial charge in [-0.25, -0.2) is 4.79 Å². The van der Waals surface area contributed by atoms with Crippen LogP contribution in [0.25, 0.3) is 0 Å². The Balaban J connectivity index is 1.53. The van der Waals surface area contributed by atoms with E-state index in [-0.39, 0.29) is 24.6 Å². The van der Waals surface area contributed by atoms with Crippen LogP contribution in [-0.2, 0) is 57.0 Å². The first kappa shape index (κ1) is 60.8. The zero-order valence-corrected chi connectivity index (χ0v) is 40.5. The molecule has 422 valence electrons. The Labute approximate surface area is 423 Å². The molecule has 29 heteroatoms. The number of esters is 1. The maximum Gasteiger partial charge on any atom is 0.364 e. The van der Waals surface area contributed by atoms with Crippen molar-refractivity contribution in [3.05, 3.63) is 23.8 Å². The van der Waals surface area contributed by atoms with E-state index >= 15 is 0 Å². The first-order valence-electron chi connectivity index (χ1n) is 24.0. The molecule has 1 aromatic carbocycles. The van der Waals surface area contributed by atoms with Crippen LogP contribution in [0.2, 0.25) is 0 Å². The molecule has 0 saturated carbocycles. The van der Waals surface area contributed by atoms with Crippen LogP contribution in [0.15, 0.2) is 18.2 Å². The van der Waals surface area contributed by atoms with Crippen LogP contribution in [0, 0.1) is 0 Å². The molecule has 0 bridgehead atoms. The third-order valence-corrected chi connectivity index (χ3v) is 12.9. The maximum absolute atomic E-state index is 14.1. The van der Waals surface area contributed by atoms with E-state index in [1.807, 2.05) is 0 Å². The normalized spacial score (nSPS) is 36.3. The predicted molar refractivity (Wildman–Crippen MR) is 240 cm³/mol. The molecule has 2 amide bonds. The molecule has 4 saturated heterocycles. The van der Waals surface area contributed by atoms with E-state index < -0.39 is 184 Å². The Kier molecular flexibility index (Phi) is 22.9. The van der Waals surface area contributed by atoms with Crippen molar-refractivity contribution in [2.45, 2.75) is 180 Å². The lowest BCUT2D eigenvalue weighted by Crippen LogP contribution is -2.71. The summed E-state index contributed by atoms with van der Waals surface area (Å²) in [6.07, 6.45) is -30.8. The molecule has 0 aliphatic carbocycles. The summed E-state index contributed by atoms with van der Waals surface area (Å²) in [5.41, 5.74) is -0.354. The van der Waals surface area contributed by atoms with Gasteiger partial charge < -0.3 is 125 Å². The number of aliphatic hydroxyl groups is 11. The van der Waals surface area contributed by atoms with E-state index in [4.69, 9.17) is 37.9 Å². The molecule has 4 heterocycles. The van der Waals surface area contributed by atoms with E-state index in [1.54, 1.807) is 0 Å². The molecule has 0 aromatic heterocycles. The fourth-order valence-electron chi connectivity index (χ4n) is 9.00. The van der Waals surface area contributed by atoms with Crippen LogP contribution < -0.4 is 10.6 Å². The number of carboxylic acid groups (broad SMARTS) is 1. The third kappa shape index (κ3) is 15.1. The van der Waals surface area contributed by atoms with Crippen LogP contribution in [-0.4, -0.2) is 258 Å². The highest BCUT2D eigenvalue weighted by Crippen LogP contribution is 2.39. The monoisotopic (exact) mass is 1070 g/mol. The lowest BCUT2D eigenvalue weighted by molar-refractivity contribution is -0.388. The number of aromatic hydroxyl groups is 2. The minimum atomic E-state index is -3.19. The average Bonchev–Trinajstić information content (AvgIpc) is 3.36. The van der Waals surface area contributed by atoms with Gasteiger partial charge in [0.2, 0.25) is 5.91 Å². The highest BCUT2D eigenvalue weighted by molar-refractivity contribution is 5.95. The Morgan fingerprint density at radius 3 is 1.96 bits per heavy atom. The van der Waals surface area contributed by atoms with Gasteiger partial charge in [0.15, 0.2) is 18.9 Å². The van der Waals surface area contributed by atoms with Crippen LogP contribution in [0.4, 0.5) is 0 Å². The molecule has 0 spiro atoms. The molecule has 16 N–H and O–H groups in total. The molecule has 4 aliphatic rings. The number of ether oxygens (including phenoxy) is 9. The minimum Gasteiger partial charge on any atom is -0.508 e. The smallest absolute Gasteiger partial charge is 0.364 e. The highest BCUT2D eigenvalue weighted by Gasteiger charge is 2.61. The second-order valence-corrected chi connectivity index (χ2v) is 18.4. The Morgan fingerprint density at radius 1 is 0.730 bits per heavy atom. The van der Waals surface area contributed by atoms with Gasteiger partial charge in [0.1, 0.15) is 96.9 Å². The van der Waals surface area contributed by atoms with E-state index in [9.17, 15) is 90.7 Å². The van der Waals surface area contributed by atoms with Gasteiger partial charge in [0, 0.05) is 38.0 Å². The highest BCUT2D eigenvalue weighted by atomic mass is 16.8. The third-order valence-electron chi connectivity index (χ3n) is 12.9. The summed E-state index contributed by atoms with van der Waals surface area (Å²) in [5, 5.41) is 155. The van der Waals surface area contributed by atoms with Crippen molar-refractivity contribution < 1.29 is 133 Å². The summed E-state index contributed by atoms with van der Waals surface area (Å²) in [6, 6.07) is -0.510. The number of hydrogen-bond acceptors (Lipinski definition) is 26. The number of amides is 2. The summed E-state index contributed by atoms with van der Waals surface area (Å²) in [5.74, 6) is -8.54. The van der Waals surface area contributed by atoms with Gasteiger partial charge in [-0.2, -0.15) is 0 Å². The molecular formula is C45H70N2O27. The Morgan fingerprint density at radius 2 is 1.35 bits per heavy atom. The maximum atomic E-state index is 14.1. The number of hydrogen-bond donors (Lipinski definition) is 16. The van der Waals surface area contributed by atoms with Crippen LogP contribution in [0.1, 0.15) is 68.6 Å². The average molecular weight is 1070 g/mol. The van der Waals surface area contributed by atoms with Crippen molar-refractivity contribution >= 4 is 23.8 Å². The molecular weight excluding hydrogens is 1000 g/mol. The number of nitrogens with one attached hydrogen (secondary N) is 2. The molecule has 74 heavy (non-hydrogen) atoms. The van der Waals surface area contributed by atoms with E-state index in [0.717, 1.165) is 38.0 Å². The largest absolute Gasteiger partial charge is 0.508 e. The van der Waals surface area contributed by atoms with Gasteiger partial charge in [-0.05, 0) is 25.0 Å². The standard InChI is InChI=1S/C45H70N2O27/c1-19(51)46-29-23(54)14-45(44(64)65,73-37(29)32(59)24(55)15-48)74-39-33(60)26(16-49)69-43(35(39)62)72-38-30(47-40(63)20-11-21(52)13-22(53)12-20)41(67-10-8-6-4-3-5-7-9-28(57)66-2)70-27(17-50)36(38)71-42-34(61)31(58)25(56)18-68-42/h11-13,23-27,29-39,41-43,48-50,52-56,58-62H,3-10,14-18H2,1-2H3,(H,46,51)(H,47,63)(H,64,65)/t23?,24?,25-,26?,27?,29-,30?,31?,32?,33+,34?,35?,36-,37?,38?,39?,41-,42?,43?,45+/m1/s1. The summed E-state index contributed by atoms with van der Waals surface area (Å²) < 4.78 is 52.3. The summed E-state index contributed by atoms with van der Waals surface area (Å²) in [6.45, 7) is -2.87. The minimum absolute atomic E-state index is 0.0920. The van der Waals surface area contributed by atoms with Gasteiger partial charge in [-0.3, -0.25) is 14.4 Å². The topological polar surface area (TPSA) is 459 Å². The van der Waals surface area contributed by atoms with E-state index in [0.29, 0.717) is 25.7 Å². The molecule has 4 fully saturated rings. The van der Waals surface area contributed by atoms with E-state index in [2.05, 4.69) is 15.4 Å². The lowest BCUT2D eigenvalue weighted by Gasteiger charge is -2.51. The zero-order valence-electron chi connectivity index (χ0n) is 40.5. The molecule has 1 aromatic rings. The molecule has 4 aliphatic heterocycles.